The monoisotopic (exact) mass is 272 g/mol. The first-order valence-electron chi connectivity index (χ1n) is 6.72. The van der Waals surface area contributed by atoms with Crippen molar-refractivity contribution >= 4 is 11.6 Å². The maximum Gasteiger partial charge on any atom is 0.276 e. The second-order valence-electron chi connectivity index (χ2n) is 4.49. The number of benzene rings is 1. The van der Waals surface area contributed by atoms with E-state index in [9.17, 15) is 9.18 Å². The Morgan fingerprint density at radius 2 is 1.90 bits per heavy atom. The van der Waals surface area contributed by atoms with Crippen molar-refractivity contribution in [3.8, 4) is 0 Å². The zero-order valence-corrected chi connectivity index (χ0v) is 11.4. The van der Waals surface area contributed by atoms with Gasteiger partial charge < -0.3 is 4.90 Å². The van der Waals surface area contributed by atoms with E-state index in [1.54, 1.807) is 4.90 Å². The van der Waals surface area contributed by atoms with Gasteiger partial charge in [-0.2, -0.15) is 4.39 Å². The lowest BCUT2D eigenvalue weighted by Crippen LogP contribution is -2.32. The minimum atomic E-state index is -0.639. The third-order valence-electron chi connectivity index (χ3n) is 2.98. The molecule has 0 aliphatic rings. The number of halogens is 1. The molecule has 0 atom stereocenters. The number of hydrogen-bond acceptors (Lipinski definition) is 2. The number of rotatable bonds is 5. The molecule has 0 unspecified atom stereocenters. The molecule has 3 nitrogen and oxygen atoms in total. The van der Waals surface area contributed by atoms with Crippen LogP contribution >= 0.6 is 0 Å². The molecule has 0 saturated heterocycles. The fourth-order valence-electron chi connectivity index (χ4n) is 1.94. The van der Waals surface area contributed by atoms with Crippen molar-refractivity contribution < 1.29 is 9.18 Å². The first-order chi connectivity index (χ1) is 9.72. The number of unbranched alkanes of at least 4 members (excludes halogenated alkanes) is 1. The molecule has 2 aromatic rings. The Labute approximate surface area is 118 Å². The van der Waals surface area contributed by atoms with Crippen LogP contribution in [0.3, 0.4) is 0 Å². The second-order valence-corrected chi connectivity index (χ2v) is 4.49. The molecule has 0 radical (unpaired) electrons. The van der Waals surface area contributed by atoms with Crippen LogP contribution in [0.2, 0.25) is 0 Å². The maximum absolute atomic E-state index is 13.2. The summed E-state index contributed by atoms with van der Waals surface area (Å²) in [7, 11) is 0. The maximum atomic E-state index is 13.2. The lowest BCUT2D eigenvalue weighted by molar-refractivity contribution is 0.0980. The third kappa shape index (κ3) is 3.41. The molecular formula is C16H17FN2O. The van der Waals surface area contributed by atoms with Gasteiger partial charge in [0.25, 0.3) is 5.91 Å². The lowest BCUT2D eigenvalue weighted by atomic mass is 10.2. The van der Waals surface area contributed by atoms with Crippen molar-refractivity contribution in [2.24, 2.45) is 0 Å². The lowest BCUT2D eigenvalue weighted by Gasteiger charge is -2.22. The highest BCUT2D eigenvalue weighted by Crippen LogP contribution is 2.17. The highest BCUT2D eigenvalue weighted by atomic mass is 19.1. The van der Waals surface area contributed by atoms with E-state index in [4.69, 9.17) is 0 Å². The van der Waals surface area contributed by atoms with Crippen molar-refractivity contribution in [1.82, 2.24) is 4.98 Å². The number of para-hydroxylation sites is 1. The van der Waals surface area contributed by atoms with Crippen LogP contribution in [0.4, 0.5) is 10.1 Å². The van der Waals surface area contributed by atoms with E-state index in [-0.39, 0.29) is 11.6 Å². The number of pyridine rings is 1. The number of carbonyl (C=O) groups excluding carboxylic acids is 1. The Morgan fingerprint density at radius 1 is 1.15 bits per heavy atom. The third-order valence-corrected chi connectivity index (χ3v) is 2.98. The van der Waals surface area contributed by atoms with Crippen LogP contribution in [0.25, 0.3) is 0 Å². The van der Waals surface area contributed by atoms with Crippen molar-refractivity contribution in [1.29, 1.82) is 0 Å². The first kappa shape index (κ1) is 14.2. The van der Waals surface area contributed by atoms with Crippen LogP contribution in [0.15, 0.2) is 48.5 Å². The smallest absolute Gasteiger partial charge is 0.276 e. The van der Waals surface area contributed by atoms with E-state index in [0.29, 0.717) is 6.54 Å². The average Bonchev–Trinajstić information content (AvgIpc) is 2.48. The fourth-order valence-corrected chi connectivity index (χ4v) is 1.94. The predicted molar refractivity (Wildman–Crippen MR) is 77.2 cm³/mol. The number of carbonyl (C=O) groups is 1. The highest BCUT2D eigenvalue weighted by Gasteiger charge is 2.18. The zero-order chi connectivity index (χ0) is 14.4. The normalized spacial score (nSPS) is 10.3. The van der Waals surface area contributed by atoms with E-state index < -0.39 is 5.95 Å². The van der Waals surface area contributed by atoms with Crippen molar-refractivity contribution in [3.63, 3.8) is 0 Å². The quantitative estimate of drug-likeness (QED) is 0.778. The summed E-state index contributed by atoms with van der Waals surface area (Å²) >= 11 is 0. The summed E-state index contributed by atoms with van der Waals surface area (Å²) in [5, 5.41) is 0. The SMILES string of the molecule is CCCCN(C(=O)c1cccc(F)n1)c1ccccc1. The van der Waals surface area contributed by atoms with Gasteiger partial charge in [0, 0.05) is 12.2 Å². The zero-order valence-electron chi connectivity index (χ0n) is 11.4. The first-order valence-corrected chi connectivity index (χ1v) is 6.72. The molecule has 0 aliphatic heterocycles. The van der Waals surface area contributed by atoms with Gasteiger partial charge in [0.1, 0.15) is 5.69 Å². The van der Waals surface area contributed by atoms with Crippen LogP contribution in [0.1, 0.15) is 30.3 Å². The molecule has 0 N–H and O–H groups in total. The molecular weight excluding hydrogens is 255 g/mol. The van der Waals surface area contributed by atoms with Crippen LogP contribution in [-0.2, 0) is 0 Å². The van der Waals surface area contributed by atoms with Gasteiger partial charge in [-0.25, -0.2) is 4.98 Å². The molecule has 0 fully saturated rings. The van der Waals surface area contributed by atoms with E-state index in [2.05, 4.69) is 11.9 Å². The Bertz CT molecular complexity index is 572. The molecule has 0 saturated carbocycles. The minimum absolute atomic E-state index is 0.130. The van der Waals surface area contributed by atoms with Crippen molar-refractivity contribution in [3.05, 3.63) is 60.2 Å². The summed E-state index contributed by atoms with van der Waals surface area (Å²) < 4.78 is 13.2. The van der Waals surface area contributed by atoms with Gasteiger partial charge in [0.2, 0.25) is 5.95 Å². The summed E-state index contributed by atoms with van der Waals surface area (Å²) in [6, 6.07) is 13.6. The molecule has 104 valence electrons. The minimum Gasteiger partial charge on any atom is -0.307 e. The topological polar surface area (TPSA) is 33.2 Å². The van der Waals surface area contributed by atoms with Gasteiger partial charge in [0.15, 0.2) is 0 Å². The van der Waals surface area contributed by atoms with Gasteiger partial charge in [-0.05, 0) is 30.7 Å². The van der Waals surface area contributed by atoms with E-state index in [1.807, 2.05) is 30.3 Å². The molecule has 2 rings (SSSR count). The number of aromatic nitrogens is 1. The number of amides is 1. The van der Waals surface area contributed by atoms with Crippen molar-refractivity contribution in [2.75, 3.05) is 11.4 Å². The van der Waals surface area contributed by atoms with Crippen LogP contribution < -0.4 is 4.90 Å². The molecule has 1 aromatic heterocycles. The summed E-state index contributed by atoms with van der Waals surface area (Å²) in [5.41, 5.74) is 0.932. The summed E-state index contributed by atoms with van der Waals surface area (Å²) in [6.07, 6.45) is 1.86. The highest BCUT2D eigenvalue weighted by molar-refractivity contribution is 6.04. The Kier molecular flexibility index (Phi) is 4.82. The number of hydrogen-bond donors (Lipinski definition) is 0. The molecule has 0 aliphatic carbocycles. The molecule has 0 bridgehead atoms. The Balaban J connectivity index is 2.29. The standard InChI is InChI=1S/C16H17FN2O/c1-2-3-12-19(13-8-5-4-6-9-13)16(20)14-10-7-11-15(17)18-14/h4-11H,2-3,12H2,1H3. The van der Waals surface area contributed by atoms with Crippen LogP contribution in [0, 0.1) is 5.95 Å². The summed E-state index contributed by atoms with van der Waals surface area (Å²) in [6.45, 7) is 2.66. The molecule has 20 heavy (non-hydrogen) atoms. The van der Waals surface area contributed by atoms with Gasteiger partial charge in [-0.3, -0.25) is 4.79 Å². The molecule has 1 amide bonds. The van der Waals surface area contributed by atoms with Gasteiger partial charge in [-0.15, -0.1) is 0 Å². The fraction of sp³-hybridized carbons (Fsp3) is 0.250. The molecule has 0 spiro atoms. The van der Waals surface area contributed by atoms with Crippen LogP contribution in [-0.4, -0.2) is 17.4 Å². The Hall–Kier alpha value is -2.23. The van der Waals surface area contributed by atoms with Crippen LogP contribution in [0.5, 0.6) is 0 Å². The second kappa shape index (κ2) is 6.80. The largest absolute Gasteiger partial charge is 0.307 e. The molecule has 1 heterocycles. The van der Waals surface area contributed by atoms with E-state index in [1.165, 1.54) is 18.2 Å². The predicted octanol–water partition coefficient (Wildman–Crippen LogP) is 3.67. The van der Waals surface area contributed by atoms with Gasteiger partial charge >= 0.3 is 0 Å². The van der Waals surface area contributed by atoms with E-state index >= 15 is 0 Å². The number of nitrogens with zero attached hydrogens (tertiary/aromatic N) is 2. The summed E-state index contributed by atoms with van der Waals surface area (Å²) in [5.74, 6) is -0.913. The van der Waals surface area contributed by atoms with Gasteiger partial charge in [0.05, 0.1) is 0 Å². The summed E-state index contributed by atoms with van der Waals surface area (Å²) in [4.78, 5) is 17.8. The van der Waals surface area contributed by atoms with Gasteiger partial charge in [-0.1, -0.05) is 37.6 Å². The van der Waals surface area contributed by atoms with Crippen molar-refractivity contribution in [2.45, 2.75) is 19.8 Å². The average molecular weight is 272 g/mol. The molecule has 1 aromatic carbocycles. The Morgan fingerprint density at radius 3 is 2.55 bits per heavy atom. The molecule has 4 heteroatoms. The number of anilines is 1. The van der Waals surface area contributed by atoms with E-state index in [0.717, 1.165) is 18.5 Å².